The van der Waals surface area contributed by atoms with Crippen molar-refractivity contribution in [2.24, 2.45) is 0 Å². The topological polar surface area (TPSA) is 65.1 Å². The summed E-state index contributed by atoms with van der Waals surface area (Å²) in [7, 11) is 2.15. The lowest BCUT2D eigenvalue weighted by atomic mass is 9.86. The van der Waals surface area contributed by atoms with Crippen LogP contribution in [0.2, 0.25) is 0 Å². The van der Waals surface area contributed by atoms with Crippen LogP contribution >= 0.6 is 0 Å². The smallest absolute Gasteiger partial charge is 0.241 e. The Balaban J connectivity index is 1.45. The molecule has 7 heteroatoms. The maximum absolute atomic E-state index is 13.1. The molecule has 0 saturated carbocycles. The van der Waals surface area contributed by atoms with Crippen LogP contribution in [-0.2, 0) is 9.59 Å². The van der Waals surface area contributed by atoms with Crippen LogP contribution in [0.3, 0.4) is 0 Å². The lowest BCUT2D eigenvalue weighted by molar-refractivity contribution is -0.122. The number of carbonyl (C=O) groups excluding carboxylic acids is 2. The van der Waals surface area contributed by atoms with Crippen molar-refractivity contribution in [3.8, 4) is 5.75 Å². The van der Waals surface area contributed by atoms with Crippen molar-refractivity contribution in [1.29, 1.82) is 0 Å². The average molecular weight is 372 g/mol. The normalized spacial score (nSPS) is 26.9. The summed E-state index contributed by atoms with van der Waals surface area (Å²) in [5, 5.41) is 2.98. The molecule has 1 aromatic carbocycles. The van der Waals surface area contributed by atoms with Gasteiger partial charge in [-0.15, -0.1) is 0 Å². The fourth-order valence-corrected chi connectivity index (χ4v) is 4.52. The third kappa shape index (κ3) is 3.66. The Labute approximate surface area is 160 Å². The summed E-state index contributed by atoms with van der Waals surface area (Å²) < 4.78 is 5.67. The van der Waals surface area contributed by atoms with Crippen molar-refractivity contribution < 1.29 is 14.3 Å². The molecule has 4 rings (SSSR count). The number of rotatable bonds is 2. The van der Waals surface area contributed by atoms with E-state index in [1.165, 1.54) is 0 Å². The molecule has 2 saturated heterocycles. The highest BCUT2D eigenvalue weighted by atomic mass is 16.5. The van der Waals surface area contributed by atoms with Gasteiger partial charge in [0.2, 0.25) is 11.8 Å². The summed E-state index contributed by atoms with van der Waals surface area (Å²) >= 11 is 0. The Morgan fingerprint density at radius 2 is 2.07 bits per heavy atom. The molecule has 1 aromatic rings. The Morgan fingerprint density at radius 3 is 2.96 bits per heavy atom. The fraction of sp³-hybridized carbons (Fsp3) is 0.600. The molecule has 7 nitrogen and oxygen atoms in total. The molecule has 3 aliphatic rings. The molecule has 1 atom stereocenters. The molecule has 0 aromatic heterocycles. The SMILES string of the molecule is CN1CCN(CC(=O)N2CCOc3ccccc32)C[C@]12CCNC(=O)CC2. The zero-order valence-electron chi connectivity index (χ0n) is 15.9. The number of carbonyl (C=O) groups is 2. The Bertz CT molecular complexity index is 725. The van der Waals surface area contributed by atoms with Gasteiger partial charge in [-0.3, -0.25) is 19.4 Å². The third-order valence-corrected chi connectivity index (χ3v) is 6.20. The first-order valence-electron chi connectivity index (χ1n) is 9.80. The standard InChI is InChI=1S/C20H28N4O3/c1-22-10-11-23(15-20(22)7-6-18(25)21-9-8-20)14-19(26)24-12-13-27-17-5-3-2-4-16(17)24/h2-5H,6-15H2,1H3,(H,21,25)/t20-/m0/s1. The number of nitrogens with one attached hydrogen (secondary N) is 1. The fourth-order valence-electron chi connectivity index (χ4n) is 4.52. The molecule has 1 spiro atoms. The first-order chi connectivity index (χ1) is 13.1. The summed E-state index contributed by atoms with van der Waals surface area (Å²) in [5.74, 6) is 1.03. The number of hydrogen-bond acceptors (Lipinski definition) is 5. The number of ether oxygens (including phenoxy) is 1. The van der Waals surface area contributed by atoms with Gasteiger partial charge < -0.3 is 15.0 Å². The van der Waals surface area contributed by atoms with Gasteiger partial charge in [-0.05, 0) is 32.0 Å². The zero-order chi connectivity index (χ0) is 18.9. The maximum Gasteiger partial charge on any atom is 0.241 e. The van der Waals surface area contributed by atoms with Crippen LogP contribution in [0, 0.1) is 0 Å². The highest BCUT2D eigenvalue weighted by Gasteiger charge is 2.41. The first kappa shape index (κ1) is 18.3. The second-order valence-corrected chi connectivity index (χ2v) is 7.82. The van der Waals surface area contributed by atoms with E-state index in [2.05, 4.69) is 22.2 Å². The summed E-state index contributed by atoms with van der Waals surface area (Å²) in [5.41, 5.74) is 0.836. The number of amides is 2. The van der Waals surface area contributed by atoms with Gasteiger partial charge >= 0.3 is 0 Å². The van der Waals surface area contributed by atoms with Crippen LogP contribution in [-0.4, -0.2) is 80.1 Å². The number of fused-ring (bicyclic) bond motifs is 1. The molecule has 2 amide bonds. The minimum atomic E-state index is -0.0272. The molecule has 0 bridgehead atoms. The molecule has 0 aliphatic carbocycles. The van der Waals surface area contributed by atoms with E-state index in [4.69, 9.17) is 4.74 Å². The lowest BCUT2D eigenvalue weighted by Gasteiger charge is -2.49. The van der Waals surface area contributed by atoms with Crippen molar-refractivity contribution in [2.45, 2.75) is 24.8 Å². The number of piperazine rings is 1. The van der Waals surface area contributed by atoms with Crippen molar-refractivity contribution in [2.75, 3.05) is 57.8 Å². The molecule has 27 heavy (non-hydrogen) atoms. The Hall–Kier alpha value is -2.12. The molecule has 0 unspecified atom stereocenters. The maximum atomic E-state index is 13.1. The molecule has 146 valence electrons. The molecule has 1 N–H and O–H groups in total. The molecular formula is C20H28N4O3. The number of benzene rings is 1. The summed E-state index contributed by atoms with van der Waals surface area (Å²) in [6.07, 6.45) is 2.34. The number of nitrogens with zero attached hydrogens (tertiary/aromatic N) is 3. The molecular weight excluding hydrogens is 344 g/mol. The number of likely N-dealkylation sites (N-methyl/N-ethyl adjacent to an activating group) is 1. The third-order valence-electron chi connectivity index (χ3n) is 6.20. The second kappa shape index (κ2) is 7.48. The number of para-hydroxylation sites is 2. The van der Waals surface area contributed by atoms with Crippen LogP contribution in [0.15, 0.2) is 24.3 Å². The lowest BCUT2D eigenvalue weighted by Crippen LogP contribution is -2.62. The van der Waals surface area contributed by atoms with Crippen molar-refractivity contribution in [1.82, 2.24) is 15.1 Å². The Morgan fingerprint density at radius 1 is 1.22 bits per heavy atom. The van der Waals surface area contributed by atoms with Gasteiger partial charge in [0, 0.05) is 38.1 Å². The van der Waals surface area contributed by atoms with Gasteiger partial charge in [-0.2, -0.15) is 0 Å². The van der Waals surface area contributed by atoms with Crippen LogP contribution in [0.25, 0.3) is 0 Å². The quantitative estimate of drug-likeness (QED) is 0.828. The summed E-state index contributed by atoms with van der Waals surface area (Å²) in [4.78, 5) is 31.3. The first-order valence-corrected chi connectivity index (χ1v) is 9.80. The van der Waals surface area contributed by atoms with Gasteiger partial charge in [-0.1, -0.05) is 12.1 Å². The van der Waals surface area contributed by atoms with E-state index in [-0.39, 0.29) is 17.4 Å². The van der Waals surface area contributed by atoms with E-state index in [1.54, 1.807) is 0 Å². The van der Waals surface area contributed by atoms with Crippen molar-refractivity contribution >= 4 is 17.5 Å². The van der Waals surface area contributed by atoms with Crippen molar-refractivity contribution in [3.05, 3.63) is 24.3 Å². The highest BCUT2D eigenvalue weighted by molar-refractivity contribution is 5.96. The van der Waals surface area contributed by atoms with E-state index in [1.807, 2.05) is 29.2 Å². The number of anilines is 1. The molecule has 3 heterocycles. The van der Waals surface area contributed by atoms with Crippen LogP contribution in [0.4, 0.5) is 5.69 Å². The van der Waals surface area contributed by atoms with Crippen LogP contribution in [0.5, 0.6) is 5.75 Å². The predicted octanol–water partition coefficient (Wildman–Crippen LogP) is 0.698. The molecule has 3 aliphatic heterocycles. The Kier molecular flexibility index (Phi) is 5.06. The minimum Gasteiger partial charge on any atom is -0.490 e. The van der Waals surface area contributed by atoms with E-state index < -0.39 is 0 Å². The largest absolute Gasteiger partial charge is 0.490 e. The second-order valence-electron chi connectivity index (χ2n) is 7.82. The zero-order valence-corrected chi connectivity index (χ0v) is 15.9. The van der Waals surface area contributed by atoms with E-state index in [0.29, 0.717) is 32.7 Å². The average Bonchev–Trinajstić information content (AvgIpc) is 2.86. The molecule has 0 radical (unpaired) electrons. The molecule has 2 fully saturated rings. The van der Waals surface area contributed by atoms with E-state index >= 15 is 0 Å². The van der Waals surface area contributed by atoms with Gasteiger partial charge in [-0.25, -0.2) is 0 Å². The predicted molar refractivity (Wildman–Crippen MR) is 103 cm³/mol. The highest BCUT2D eigenvalue weighted by Crippen LogP contribution is 2.32. The van der Waals surface area contributed by atoms with E-state index in [9.17, 15) is 9.59 Å². The van der Waals surface area contributed by atoms with Crippen molar-refractivity contribution in [3.63, 3.8) is 0 Å². The summed E-state index contributed by atoms with van der Waals surface area (Å²) in [6.45, 7) is 4.86. The van der Waals surface area contributed by atoms with Crippen LogP contribution in [0.1, 0.15) is 19.3 Å². The van der Waals surface area contributed by atoms with Crippen LogP contribution < -0.4 is 15.0 Å². The van der Waals surface area contributed by atoms with Gasteiger partial charge in [0.25, 0.3) is 0 Å². The van der Waals surface area contributed by atoms with Gasteiger partial charge in [0.05, 0.1) is 18.8 Å². The monoisotopic (exact) mass is 372 g/mol. The van der Waals surface area contributed by atoms with Gasteiger partial charge in [0.15, 0.2) is 0 Å². The van der Waals surface area contributed by atoms with Gasteiger partial charge in [0.1, 0.15) is 12.4 Å². The summed E-state index contributed by atoms with van der Waals surface area (Å²) in [6, 6.07) is 7.72. The van der Waals surface area contributed by atoms with E-state index in [0.717, 1.165) is 43.9 Å². The number of hydrogen-bond donors (Lipinski definition) is 1. The minimum absolute atomic E-state index is 0.0272.